The second-order valence-electron chi connectivity index (χ2n) is 8.06. The van der Waals surface area contributed by atoms with E-state index in [1.165, 1.54) is 12.1 Å². The number of aliphatic imine (C=N–C) groups is 1. The fourth-order valence-corrected chi connectivity index (χ4v) is 4.13. The maximum atomic E-state index is 13.4. The Morgan fingerprint density at radius 2 is 1.97 bits per heavy atom. The third-order valence-corrected chi connectivity index (χ3v) is 5.82. The van der Waals surface area contributed by atoms with Crippen molar-refractivity contribution in [3.05, 3.63) is 71.2 Å². The van der Waals surface area contributed by atoms with Crippen LogP contribution in [0, 0.1) is 5.82 Å². The number of likely N-dealkylation sites (tertiary alicyclic amines) is 1. The van der Waals surface area contributed by atoms with Crippen molar-refractivity contribution in [2.24, 2.45) is 4.99 Å². The highest BCUT2D eigenvalue weighted by atomic mass is 127. The Morgan fingerprint density at radius 3 is 2.73 bits per heavy atom. The van der Waals surface area contributed by atoms with Crippen molar-refractivity contribution >= 4 is 46.7 Å². The number of rotatable bonds is 8. The summed E-state index contributed by atoms with van der Waals surface area (Å²) in [5.41, 5.74) is 4.23. The summed E-state index contributed by atoms with van der Waals surface area (Å²) in [4.78, 5) is 21.8. The molecule has 3 N–H and O–H groups in total. The van der Waals surface area contributed by atoms with E-state index >= 15 is 0 Å². The van der Waals surface area contributed by atoms with Crippen LogP contribution in [0.4, 0.5) is 4.39 Å². The van der Waals surface area contributed by atoms with Gasteiger partial charge in [-0.25, -0.2) is 9.38 Å². The first kappa shape index (κ1) is 25.0. The Bertz CT molecular complexity index is 1110. The molecule has 1 fully saturated rings. The molecule has 4 rings (SSSR count). The number of hydrogen-bond donors (Lipinski definition) is 3. The van der Waals surface area contributed by atoms with E-state index in [0.29, 0.717) is 26.1 Å². The molecule has 1 aromatic heterocycles. The van der Waals surface area contributed by atoms with Gasteiger partial charge in [0.1, 0.15) is 5.82 Å². The molecule has 6 nitrogen and oxygen atoms in total. The lowest BCUT2D eigenvalue weighted by molar-refractivity contribution is -0.128. The molecular formula is C25H31FIN5O. The van der Waals surface area contributed by atoms with Crippen LogP contribution in [0.2, 0.25) is 0 Å². The molecule has 0 atom stereocenters. The molecule has 1 aliphatic rings. The average molecular weight is 563 g/mol. The van der Waals surface area contributed by atoms with Gasteiger partial charge >= 0.3 is 0 Å². The Hall–Kier alpha value is -2.62. The van der Waals surface area contributed by atoms with Crippen molar-refractivity contribution in [2.45, 2.75) is 39.3 Å². The zero-order chi connectivity index (χ0) is 22.3. The molecular weight excluding hydrogens is 532 g/mol. The zero-order valence-corrected chi connectivity index (χ0v) is 21.2. The van der Waals surface area contributed by atoms with E-state index in [2.05, 4.69) is 27.8 Å². The number of hydrogen-bond acceptors (Lipinski definition) is 2. The molecule has 1 aliphatic heterocycles. The van der Waals surface area contributed by atoms with Crippen LogP contribution in [0.25, 0.3) is 10.9 Å². The van der Waals surface area contributed by atoms with E-state index in [0.717, 1.165) is 59.5 Å². The summed E-state index contributed by atoms with van der Waals surface area (Å²) < 4.78 is 13.4. The lowest BCUT2D eigenvalue weighted by atomic mass is 10.1. The van der Waals surface area contributed by atoms with Gasteiger partial charge < -0.3 is 20.5 Å². The van der Waals surface area contributed by atoms with E-state index in [-0.39, 0.29) is 35.7 Å². The van der Waals surface area contributed by atoms with Gasteiger partial charge in [0.2, 0.25) is 5.91 Å². The van der Waals surface area contributed by atoms with E-state index in [9.17, 15) is 9.18 Å². The molecule has 0 aliphatic carbocycles. The molecule has 0 radical (unpaired) electrons. The molecule has 3 aromatic rings. The van der Waals surface area contributed by atoms with Crippen molar-refractivity contribution in [1.29, 1.82) is 0 Å². The highest BCUT2D eigenvalue weighted by molar-refractivity contribution is 14.0. The second kappa shape index (κ2) is 12.0. The van der Waals surface area contributed by atoms with Crippen LogP contribution in [0.3, 0.4) is 0 Å². The first-order chi connectivity index (χ1) is 15.6. The number of halogens is 2. The summed E-state index contributed by atoms with van der Waals surface area (Å²) >= 11 is 0. The molecule has 8 heteroatoms. The van der Waals surface area contributed by atoms with Crippen molar-refractivity contribution in [3.63, 3.8) is 0 Å². The summed E-state index contributed by atoms with van der Waals surface area (Å²) in [7, 11) is 0. The van der Waals surface area contributed by atoms with Crippen LogP contribution in [0.5, 0.6) is 0 Å². The molecule has 2 heterocycles. The zero-order valence-electron chi connectivity index (χ0n) is 18.9. The quantitative estimate of drug-likeness (QED) is 0.217. The second-order valence-corrected chi connectivity index (χ2v) is 8.06. The Balaban J connectivity index is 0.00000306. The number of fused-ring (bicyclic) bond motifs is 1. The minimum atomic E-state index is -0.236. The molecule has 0 saturated carbocycles. The number of nitrogens with one attached hydrogen (secondary N) is 3. The molecule has 0 bridgehead atoms. The highest BCUT2D eigenvalue weighted by Gasteiger charge is 2.20. The van der Waals surface area contributed by atoms with Crippen molar-refractivity contribution < 1.29 is 9.18 Å². The van der Waals surface area contributed by atoms with E-state index in [1.807, 2.05) is 36.2 Å². The minimum absolute atomic E-state index is 0. The van der Waals surface area contributed by atoms with Gasteiger partial charge in [-0.05, 0) is 54.7 Å². The lowest BCUT2D eigenvalue weighted by Crippen LogP contribution is -2.38. The SMILES string of the molecule is CCNC(=NCc1ccccc1CN1CCCC1=O)NCCc1c[nH]c2cc(F)ccc12.I. The van der Waals surface area contributed by atoms with Crippen LogP contribution < -0.4 is 10.6 Å². The number of nitrogens with zero attached hydrogens (tertiary/aromatic N) is 2. The number of aromatic nitrogens is 1. The van der Waals surface area contributed by atoms with Crippen molar-refractivity contribution in [2.75, 3.05) is 19.6 Å². The van der Waals surface area contributed by atoms with E-state index in [1.54, 1.807) is 0 Å². The fraction of sp³-hybridized carbons (Fsp3) is 0.360. The Morgan fingerprint density at radius 1 is 1.15 bits per heavy atom. The number of benzene rings is 2. The molecule has 1 saturated heterocycles. The van der Waals surface area contributed by atoms with Gasteiger partial charge in [-0.2, -0.15) is 0 Å². The summed E-state index contributed by atoms with van der Waals surface area (Å²) in [6, 6.07) is 13.0. The normalized spacial score (nSPS) is 13.9. The molecule has 33 heavy (non-hydrogen) atoms. The third kappa shape index (κ3) is 6.46. The molecule has 2 aromatic carbocycles. The third-order valence-electron chi connectivity index (χ3n) is 5.82. The Labute approximate surface area is 211 Å². The van der Waals surface area contributed by atoms with Crippen LogP contribution in [0.1, 0.15) is 36.5 Å². The predicted molar refractivity (Wildman–Crippen MR) is 141 cm³/mol. The number of carbonyl (C=O) groups is 1. The summed E-state index contributed by atoms with van der Waals surface area (Å²) in [6.45, 7) is 5.54. The van der Waals surface area contributed by atoms with Gasteiger partial charge in [-0.3, -0.25) is 4.79 Å². The van der Waals surface area contributed by atoms with Crippen LogP contribution in [0.15, 0.2) is 53.7 Å². The topological polar surface area (TPSA) is 72.5 Å². The van der Waals surface area contributed by atoms with Crippen LogP contribution in [-0.2, 0) is 24.3 Å². The predicted octanol–water partition coefficient (Wildman–Crippen LogP) is 4.35. The molecule has 0 unspecified atom stereocenters. The van der Waals surface area contributed by atoms with Gasteiger partial charge in [0, 0.05) is 49.7 Å². The van der Waals surface area contributed by atoms with Crippen LogP contribution in [-0.4, -0.2) is 41.4 Å². The minimum Gasteiger partial charge on any atom is -0.361 e. The van der Waals surface area contributed by atoms with Gasteiger partial charge in [-0.1, -0.05) is 24.3 Å². The maximum absolute atomic E-state index is 13.4. The molecule has 0 spiro atoms. The van der Waals surface area contributed by atoms with E-state index < -0.39 is 0 Å². The van der Waals surface area contributed by atoms with E-state index in [4.69, 9.17) is 4.99 Å². The number of carbonyl (C=O) groups excluding carboxylic acids is 1. The number of amides is 1. The standard InChI is InChI=1S/C25H30FN5O.HI/c1-2-27-25(28-12-11-19-16-29-23-14-21(26)9-10-22(19)23)30-15-18-6-3-4-7-20(18)17-31-13-5-8-24(31)32;/h3-4,6-7,9-10,14,16,29H,2,5,8,11-13,15,17H2,1H3,(H2,27,28,30);1H. The van der Waals surface area contributed by atoms with Crippen molar-refractivity contribution in [3.8, 4) is 0 Å². The summed E-state index contributed by atoms with van der Waals surface area (Å²) in [6.07, 6.45) is 4.33. The van der Waals surface area contributed by atoms with Gasteiger partial charge in [-0.15, -0.1) is 24.0 Å². The maximum Gasteiger partial charge on any atom is 0.222 e. The first-order valence-corrected chi connectivity index (χ1v) is 11.3. The number of guanidine groups is 1. The molecule has 1 amide bonds. The van der Waals surface area contributed by atoms with Crippen LogP contribution >= 0.6 is 24.0 Å². The monoisotopic (exact) mass is 563 g/mol. The number of H-pyrrole nitrogens is 1. The summed E-state index contributed by atoms with van der Waals surface area (Å²) in [5.74, 6) is 0.753. The highest BCUT2D eigenvalue weighted by Crippen LogP contribution is 2.20. The summed E-state index contributed by atoms with van der Waals surface area (Å²) in [5, 5.41) is 7.73. The fourth-order valence-electron chi connectivity index (χ4n) is 4.13. The van der Waals surface area contributed by atoms with Gasteiger partial charge in [0.15, 0.2) is 5.96 Å². The average Bonchev–Trinajstić information content (AvgIpc) is 3.38. The largest absolute Gasteiger partial charge is 0.361 e. The Kier molecular flexibility index (Phi) is 9.11. The smallest absolute Gasteiger partial charge is 0.222 e. The van der Waals surface area contributed by atoms with Gasteiger partial charge in [0.05, 0.1) is 6.54 Å². The van der Waals surface area contributed by atoms with Gasteiger partial charge in [0.25, 0.3) is 0 Å². The number of aromatic amines is 1. The first-order valence-electron chi connectivity index (χ1n) is 11.3. The lowest BCUT2D eigenvalue weighted by Gasteiger charge is -2.18. The molecule has 176 valence electrons. The van der Waals surface area contributed by atoms with Crippen molar-refractivity contribution in [1.82, 2.24) is 20.5 Å².